The predicted molar refractivity (Wildman–Crippen MR) is 125 cm³/mol. The summed E-state index contributed by atoms with van der Waals surface area (Å²) in [5, 5.41) is -0.225. The summed E-state index contributed by atoms with van der Waals surface area (Å²) in [5.74, 6) is -1.30. The second-order valence-electron chi connectivity index (χ2n) is 10.0. The van der Waals surface area contributed by atoms with Crippen LogP contribution in [0.3, 0.4) is 0 Å². The lowest BCUT2D eigenvalue weighted by molar-refractivity contribution is 0.0119. The van der Waals surface area contributed by atoms with Gasteiger partial charge in [-0.15, -0.1) is 12.4 Å². The van der Waals surface area contributed by atoms with Crippen molar-refractivity contribution in [3.63, 3.8) is 0 Å². The van der Waals surface area contributed by atoms with E-state index in [-0.39, 0.29) is 36.0 Å². The molecule has 1 aromatic rings. The van der Waals surface area contributed by atoms with E-state index in [1.165, 1.54) is 5.56 Å². The largest absolute Gasteiger partial charge is 0.303 e. The van der Waals surface area contributed by atoms with Gasteiger partial charge in [0.05, 0.1) is 11.8 Å². The molecule has 2 aliphatic carbocycles. The first-order valence-corrected chi connectivity index (χ1v) is 13.2. The fourth-order valence-electron chi connectivity index (χ4n) is 6.17. The van der Waals surface area contributed by atoms with E-state index in [2.05, 4.69) is 22.6 Å². The average Bonchev–Trinajstić information content (AvgIpc) is 3.59. The SMILES string of the molecule is CCC1(c2cccc(NS(=O)(=O)C3CC3)c2)[C@@H]2CN(CCCN3CCC(F)(F)C3)C[C@@H]21.Cl. The number of alkyl halides is 2. The third-order valence-electron chi connectivity index (χ3n) is 8.02. The van der Waals surface area contributed by atoms with Gasteiger partial charge in [0.15, 0.2) is 0 Å². The molecule has 0 spiro atoms. The fourth-order valence-corrected chi connectivity index (χ4v) is 7.55. The number of fused-ring (bicyclic) bond motifs is 1. The van der Waals surface area contributed by atoms with E-state index >= 15 is 0 Å². The van der Waals surface area contributed by atoms with Gasteiger partial charge in [0.1, 0.15) is 0 Å². The van der Waals surface area contributed by atoms with Crippen molar-refractivity contribution in [2.24, 2.45) is 11.8 Å². The molecule has 4 aliphatic rings. The first-order chi connectivity index (χ1) is 14.7. The summed E-state index contributed by atoms with van der Waals surface area (Å²) in [6, 6.07) is 8.00. The van der Waals surface area contributed by atoms with Gasteiger partial charge in [0, 0.05) is 37.2 Å². The summed E-state index contributed by atoms with van der Waals surface area (Å²) in [6.45, 7) is 6.48. The summed E-state index contributed by atoms with van der Waals surface area (Å²) in [4.78, 5) is 4.37. The van der Waals surface area contributed by atoms with Gasteiger partial charge in [-0.1, -0.05) is 19.1 Å². The van der Waals surface area contributed by atoms with Crippen LogP contribution in [0.4, 0.5) is 14.5 Å². The highest BCUT2D eigenvalue weighted by Crippen LogP contribution is 2.65. The van der Waals surface area contributed by atoms with Gasteiger partial charge in [-0.05, 0) is 68.3 Å². The number of piperidine rings is 1. The second-order valence-corrected chi connectivity index (χ2v) is 12.0. The lowest BCUT2D eigenvalue weighted by Crippen LogP contribution is -2.33. The topological polar surface area (TPSA) is 52.7 Å². The number of sulfonamides is 1. The van der Waals surface area contributed by atoms with Crippen molar-refractivity contribution in [3.8, 4) is 0 Å². The molecule has 0 amide bonds. The molecule has 0 bridgehead atoms. The summed E-state index contributed by atoms with van der Waals surface area (Å²) in [7, 11) is -3.25. The Morgan fingerprint density at radius 1 is 1.12 bits per heavy atom. The number of nitrogens with zero attached hydrogens (tertiary/aromatic N) is 2. The summed E-state index contributed by atoms with van der Waals surface area (Å²) in [6.07, 6.45) is 3.50. The quantitative estimate of drug-likeness (QED) is 0.570. The van der Waals surface area contributed by atoms with Gasteiger partial charge < -0.3 is 4.90 Å². The van der Waals surface area contributed by atoms with Crippen molar-refractivity contribution in [1.82, 2.24) is 9.80 Å². The molecule has 32 heavy (non-hydrogen) atoms. The third-order valence-corrected chi connectivity index (χ3v) is 9.88. The van der Waals surface area contributed by atoms with Gasteiger partial charge in [0.2, 0.25) is 10.0 Å². The zero-order valence-electron chi connectivity index (χ0n) is 18.6. The lowest BCUT2D eigenvalue weighted by Gasteiger charge is -2.27. The maximum Gasteiger partial charge on any atom is 0.261 e. The van der Waals surface area contributed by atoms with Gasteiger partial charge in [-0.2, -0.15) is 0 Å². The first kappa shape index (κ1) is 24.2. The number of rotatable bonds is 9. The van der Waals surface area contributed by atoms with E-state index in [9.17, 15) is 17.2 Å². The van der Waals surface area contributed by atoms with Crippen molar-refractivity contribution in [3.05, 3.63) is 29.8 Å². The molecule has 2 saturated heterocycles. The maximum absolute atomic E-state index is 13.3. The molecule has 2 saturated carbocycles. The molecule has 0 aromatic heterocycles. The van der Waals surface area contributed by atoms with E-state index in [4.69, 9.17) is 0 Å². The number of halogens is 3. The lowest BCUT2D eigenvalue weighted by atomic mass is 9.87. The van der Waals surface area contributed by atoms with Crippen LogP contribution < -0.4 is 4.72 Å². The van der Waals surface area contributed by atoms with Gasteiger partial charge in [-0.3, -0.25) is 9.62 Å². The maximum atomic E-state index is 13.3. The Balaban J connectivity index is 0.00000245. The summed E-state index contributed by atoms with van der Waals surface area (Å²) >= 11 is 0. The van der Waals surface area contributed by atoms with Crippen molar-refractivity contribution in [2.45, 2.75) is 55.6 Å². The number of hydrogen-bond acceptors (Lipinski definition) is 4. The highest BCUT2D eigenvalue weighted by Gasteiger charge is 2.67. The van der Waals surface area contributed by atoms with Crippen molar-refractivity contribution >= 4 is 28.1 Å². The number of benzene rings is 1. The molecule has 3 atom stereocenters. The van der Waals surface area contributed by atoms with Crippen molar-refractivity contribution in [1.29, 1.82) is 0 Å². The number of anilines is 1. The molecule has 2 aliphatic heterocycles. The van der Waals surface area contributed by atoms with Gasteiger partial charge in [0.25, 0.3) is 5.92 Å². The van der Waals surface area contributed by atoms with Crippen LogP contribution in [-0.4, -0.2) is 68.7 Å². The molecule has 1 N–H and O–H groups in total. The van der Waals surface area contributed by atoms with E-state index < -0.39 is 15.9 Å². The molecule has 1 aromatic carbocycles. The zero-order chi connectivity index (χ0) is 21.9. The molecular formula is C23H34ClF2N3O2S. The molecule has 5 nitrogen and oxygen atoms in total. The molecule has 2 heterocycles. The van der Waals surface area contributed by atoms with E-state index in [1.807, 2.05) is 23.1 Å². The normalized spacial score (nSPS) is 31.8. The van der Waals surface area contributed by atoms with Crippen LogP contribution in [0.5, 0.6) is 0 Å². The monoisotopic (exact) mass is 489 g/mol. The van der Waals surface area contributed by atoms with Crippen LogP contribution in [0, 0.1) is 11.8 Å². The average molecular weight is 490 g/mol. The standard InChI is InChI=1S/C23H33F2N3O2S.ClH/c1-2-23(17-5-3-6-18(13-17)26-31(29,30)19-7-8-19)20-14-28(15-21(20)23)11-4-10-27-12-9-22(24,25)16-27;/h3,5-6,13,19-21,26H,2,4,7-12,14-16H2,1H3;1H/t20-,21+,23?;. The van der Waals surface area contributed by atoms with Crippen LogP contribution in [0.2, 0.25) is 0 Å². The Labute approximate surface area is 196 Å². The van der Waals surface area contributed by atoms with Gasteiger partial charge in [-0.25, -0.2) is 17.2 Å². The zero-order valence-corrected chi connectivity index (χ0v) is 20.2. The molecular weight excluding hydrogens is 456 g/mol. The van der Waals surface area contributed by atoms with Crippen LogP contribution in [0.1, 0.15) is 44.6 Å². The third kappa shape index (κ3) is 4.52. The van der Waals surface area contributed by atoms with Crippen molar-refractivity contribution < 1.29 is 17.2 Å². The highest BCUT2D eigenvalue weighted by molar-refractivity contribution is 7.93. The Morgan fingerprint density at radius 2 is 1.81 bits per heavy atom. The van der Waals surface area contributed by atoms with E-state index in [1.54, 1.807) is 0 Å². The van der Waals surface area contributed by atoms with Gasteiger partial charge >= 0.3 is 0 Å². The van der Waals surface area contributed by atoms with E-state index in [0.29, 0.717) is 24.1 Å². The Morgan fingerprint density at radius 3 is 2.41 bits per heavy atom. The van der Waals surface area contributed by atoms with Crippen molar-refractivity contribution in [2.75, 3.05) is 44.0 Å². The fraction of sp³-hybridized carbons (Fsp3) is 0.739. The number of likely N-dealkylation sites (tertiary alicyclic amines) is 2. The molecule has 180 valence electrons. The number of nitrogens with one attached hydrogen (secondary N) is 1. The smallest absolute Gasteiger partial charge is 0.261 e. The minimum Gasteiger partial charge on any atom is -0.303 e. The second kappa shape index (κ2) is 8.67. The summed E-state index contributed by atoms with van der Waals surface area (Å²) < 4.78 is 54.1. The number of hydrogen-bond donors (Lipinski definition) is 1. The minimum absolute atomic E-state index is 0. The molecule has 5 rings (SSSR count). The molecule has 4 fully saturated rings. The Kier molecular flexibility index (Phi) is 6.55. The van der Waals surface area contributed by atoms with Crippen LogP contribution in [0.15, 0.2) is 24.3 Å². The Bertz CT molecular complexity index is 929. The minimum atomic E-state index is -3.25. The predicted octanol–water partition coefficient (Wildman–Crippen LogP) is 3.95. The molecule has 9 heteroatoms. The first-order valence-electron chi connectivity index (χ1n) is 11.7. The Hall–Kier alpha value is -0.960. The van der Waals surface area contributed by atoms with Crippen LogP contribution in [0.25, 0.3) is 0 Å². The van der Waals surface area contributed by atoms with Crippen LogP contribution in [-0.2, 0) is 15.4 Å². The molecule has 0 radical (unpaired) electrons. The molecule has 1 unspecified atom stereocenters. The summed E-state index contributed by atoms with van der Waals surface area (Å²) in [5.41, 5.74) is 2.08. The highest BCUT2D eigenvalue weighted by atomic mass is 35.5. The van der Waals surface area contributed by atoms with Crippen LogP contribution >= 0.6 is 12.4 Å². The van der Waals surface area contributed by atoms with E-state index in [0.717, 1.165) is 51.9 Å².